The molecule has 0 atom stereocenters. The highest BCUT2D eigenvalue weighted by molar-refractivity contribution is 6.03. The summed E-state index contributed by atoms with van der Waals surface area (Å²) in [7, 11) is 0. The number of carbonyl (C=O) groups excluding carboxylic acids is 1. The topological polar surface area (TPSA) is 75.1 Å². The summed E-state index contributed by atoms with van der Waals surface area (Å²) in [4.78, 5) is 20.0. The van der Waals surface area contributed by atoms with Gasteiger partial charge in [-0.1, -0.05) is 11.8 Å². The minimum absolute atomic E-state index is 0.206. The zero-order valence-corrected chi connectivity index (χ0v) is 10.9. The molecule has 2 heterocycles. The summed E-state index contributed by atoms with van der Waals surface area (Å²) >= 11 is 0. The Labute approximate surface area is 116 Å². The van der Waals surface area contributed by atoms with E-state index >= 15 is 0 Å². The first-order valence-corrected chi connectivity index (χ1v) is 5.98. The molecule has 0 aromatic carbocycles. The van der Waals surface area contributed by atoms with E-state index in [1.54, 1.807) is 24.5 Å². The van der Waals surface area contributed by atoms with Gasteiger partial charge in [0.2, 0.25) is 0 Å². The van der Waals surface area contributed by atoms with Gasteiger partial charge >= 0.3 is 0 Å². The summed E-state index contributed by atoms with van der Waals surface area (Å²) in [6, 6.07) is 5.08. The largest absolute Gasteiger partial charge is 0.384 e. The third kappa shape index (κ3) is 3.40. The van der Waals surface area contributed by atoms with Crippen LogP contribution in [0.15, 0.2) is 36.8 Å². The van der Waals surface area contributed by atoms with Crippen molar-refractivity contribution in [2.75, 3.05) is 11.9 Å². The molecule has 0 bridgehead atoms. The van der Waals surface area contributed by atoms with E-state index in [0.29, 0.717) is 16.9 Å². The fourth-order valence-corrected chi connectivity index (χ4v) is 1.52. The first kappa shape index (κ1) is 13.7. The summed E-state index contributed by atoms with van der Waals surface area (Å²) < 4.78 is 0. The quantitative estimate of drug-likeness (QED) is 0.806. The van der Waals surface area contributed by atoms with Crippen molar-refractivity contribution in [2.45, 2.75) is 6.92 Å². The fourth-order valence-electron chi connectivity index (χ4n) is 1.52. The van der Waals surface area contributed by atoms with E-state index in [0.717, 1.165) is 5.56 Å². The standard InChI is InChI=1S/C15H13N3O2/c1-11-6-7-16-10-14(11)18-15(20)13-5-4-12(9-17-13)3-2-8-19/h4-7,9-10,19H,8H2,1H3,(H,18,20). The number of nitrogens with one attached hydrogen (secondary N) is 1. The van der Waals surface area contributed by atoms with Crippen molar-refractivity contribution < 1.29 is 9.90 Å². The minimum Gasteiger partial charge on any atom is -0.384 e. The van der Waals surface area contributed by atoms with Gasteiger partial charge in [-0.2, -0.15) is 0 Å². The average molecular weight is 267 g/mol. The van der Waals surface area contributed by atoms with Crippen LogP contribution in [0.2, 0.25) is 0 Å². The monoisotopic (exact) mass is 267 g/mol. The second-order valence-electron chi connectivity index (χ2n) is 4.04. The summed E-state index contributed by atoms with van der Waals surface area (Å²) in [5.74, 6) is 4.93. The highest BCUT2D eigenvalue weighted by Crippen LogP contribution is 2.12. The number of aliphatic hydroxyl groups is 1. The third-order valence-electron chi connectivity index (χ3n) is 2.60. The second-order valence-corrected chi connectivity index (χ2v) is 4.04. The van der Waals surface area contributed by atoms with Crippen LogP contribution < -0.4 is 5.32 Å². The van der Waals surface area contributed by atoms with Crippen molar-refractivity contribution >= 4 is 11.6 Å². The summed E-state index contributed by atoms with van der Waals surface area (Å²) in [6.07, 6.45) is 4.75. The van der Waals surface area contributed by atoms with Gasteiger partial charge in [-0.25, -0.2) is 4.98 Å². The SMILES string of the molecule is Cc1ccncc1NC(=O)c1ccc(C#CCO)cn1. The predicted molar refractivity (Wildman–Crippen MR) is 75.1 cm³/mol. The molecule has 0 unspecified atom stereocenters. The van der Waals surface area contributed by atoms with E-state index < -0.39 is 0 Å². The maximum atomic E-state index is 12.0. The molecule has 2 N–H and O–H groups in total. The van der Waals surface area contributed by atoms with Gasteiger partial charge in [0, 0.05) is 18.0 Å². The van der Waals surface area contributed by atoms with Gasteiger partial charge in [0.05, 0.1) is 11.9 Å². The van der Waals surface area contributed by atoms with Gasteiger partial charge < -0.3 is 10.4 Å². The Balaban J connectivity index is 2.12. The number of pyridine rings is 2. The lowest BCUT2D eigenvalue weighted by Gasteiger charge is -2.06. The van der Waals surface area contributed by atoms with Crippen LogP contribution in [0.5, 0.6) is 0 Å². The first-order chi connectivity index (χ1) is 9.70. The highest BCUT2D eigenvalue weighted by Gasteiger charge is 2.08. The third-order valence-corrected chi connectivity index (χ3v) is 2.60. The Hall–Kier alpha value is -2.71. The molecular formula is C15H13N3O2. The number of nitrogens with zero attached hydrogens (tertiary/aromatic N) is 2. The smallest absolute Gasteiger partial charge is 0.274 e. The molecule has 0 aliphatic rings. The predicted octanol–water partition coefficient (Wildman–Crippen LogP) is 1.38. The van der Waals surface area contributed by atoms with Gasteiger partial charge in [0.15, 0.2) is 0 Å². The van der Waals surface area contributed by atoms with Gasteiger partial charge in [-0.3, -0.25) is 9.78 Å². The van der Waals surface area contributed by atoms with Crippen molar-refractivity contribution in [3.8, 4) is 11.8 Å². The molecule has 5 nitrogen and oxygen atoms in total. The van der Waals surface area contributed by atoms with E-state index in [1.165, 1.54) is 6.20 Å². The van der Waals surface area contributed by atoms with Gasteiger partial charge in [0.1, 0.15) is 12.3 Å². The fraction of sp³-hybridized carbons (Fsp3) is 0.133. The van der Waals surface area contributed by atoms with Crippen LogP contribution >= 0.6 is 0 Å². The van der Waals surface area contributed by atoms with Crippen LogP contribution in [0.4, 0.5) is 5.69 Å². The summed E-state index contributed by atoms with van der Waals surface area (Å²) in [5.41, 5.74) is 2.53. The number of rotatable bonds is 2. The molecule has 0 radical (unpaired) electrons. The number of hydrogen-bond acceptors (Lipinski definition) is 4. The zero-order chi connectivity index (χ0) is 14.4. The molecule has 100 valence electrons. The first-order valence-electron chi connectivity index (χ1n) is 5.98. The summed E-state index contributed by atoms with van der Waals surface area (Å²) in [6.45, 7) is 1.68. The van der Waals surface area contributed by atoms with E-state index in [-0.39, 0.29) is 12.5 Å². The number of aryl methyl sites for hydroxylation is 1. The normalized spacial score (nSPS) is 9.50. The maximum Gasteiger partial charge on any atom is 0.274 e. The molecule has 2 aromatic heterocycles. The highest BCUT2D eigenvalue weighted by atomic mass is 16.2. The number of aromatic nitrogens is 2. The van der Waals surface area contributed by atoms with Crippen molar-refractivity contribution in [1.29, 1.82) is 0 Å². The van der Waals surface area contributed by atoms with Crippen molar-refractivity contribution in [2.24, 2.45) is 0 Å². The molecule has 0 saturated heterocycles. The van der Waals surface area contributed by atoms with Crippen LogP contribution in [0.3, 0.4) is 0 Å². The van der Waals surface area contributed by atoms with Crippen LogP contribution in [0.25, 0.3) is 0 Å². The summed E-state index contributed by atoms with van der Waals surface area (Å²) in [5, 5.41) is 11.3. The van der Waals surface area contributed by atoms with Gasteiger partial charge in [0.25, 0.3) is 5.91 Å². The number of hydrogen-bond donors (Lipinski definition) is 2. The van der Waals surface area contributed by atoms with E-state index in [2.05, 4.69) is 27.1 Å². The molecule has 20 heavy (non-hydrogen) atoms. The average Bonchev–Trinajstić information content (AvgIpc) is 2.48. The Morgan fingerprint density at radius 1 is 1.35 bits per heavy atom. The Morgan fingerprint density at radius 2 is 2.20 bits per heavy atom. The minimum atomic E-state index is -0.303. The van der Waals surface area contributed by atoms with Crippen molar-refractivity contribution in [3.05, 3.63) is 53.6 Å². The van der Waals surface area contributed by atoms with Gasteiger partial charge in [-0.05, 0) is 30.7 Å². The number of amides is 1. The number of anilines is 1. The van der Waals surface area contributed by atoms with Gasteiger partial charge in [-0.15, -0.1) is 0 Å². The van der Waals surface area contributed by atoms with Crippen molar-refractivity contribution in [1.82, 2.24) is 9.97 Å². The molecule has 0 aliphatic heterocycles. The zero-order valence-electron chi connectivity index (χ0n) is 10.9. The Kier molecular flexibility index (Phi) is 4.43. The maximum absolute atomic E-state index is 12.0. The lowest BCUT2D eigenvalue weighted by atomic mass is 10.2. The molecule has 0 spiro atoms. The molecular weight excluding hydrogens is 254 g/mol. The molecule has 0 fully saturated rings. The molecule has 0 aliphatic carbocycles. The van der Waals surface area contributed by atoms with Crippen molar-refractivity contribution in [3.63, 3.8) is 0 Å². The Bertz CT molecular complexity index is 670. The van der Waals surface area contributed by atoms with E-state index in [9.17, 15) is 4.79 Å². The number of carbonyl (C=O) groups is 1. The molecule has 2 aromatic rings. The van der Waals surface area contributed by atoms with Crippen LogP contribution in [-0.4, -0.2) is 27.6 Å². The van der Waals surface area contributed by atoms with E-state index in [1.807, 2.05) is 13.0 Å². The van der Waals surface area contributed by atoms with Crippen LogP contribution in [0, 0.1) is 18.8 Å². The molecule has 5 heteroatoms. The molecule has 1 amide bonds. The molecule has 0 saturated carbocycles. The lowest BCUT2D eigenvalue weighted by molar-refractivity contribution is 0.102. The van der Waals surface area contributed by atoms with E-state index in [4.69, 9.17) is 5.11 Å². The second kappa shape index (κ2) is 6.45. The van der Waals surface area contributed by atoms with Crippen LogP contribution in [-0.2, 0) is 0 Å². The lowest BCUT2D eigenvalue weighted by Crippen LogP contribution is -2.14. The molecule has 2 rings (SSSR count). The Morgan fingerprint density at radius 3 is 2.85 bits per heavy atom. The van der Waals surface area contributed by atoms with Crippen LogP contribution in [0.1, 0.15) is 21.6 Å². The number of aliphatic hydroxyl groups excluding tert-OH is 1.